The first-order chi connectivity index (χ1) is 15.1. The quantitative estimate of drug-likeness (QED) is 0.389. The highest BCUT2D eigenvalue weighted by Gasteiger charge is 2.19. The van der Waals surface area contributed by atoms with Crippen molar-refractivity contribution in [3.63, 3.8) is 0 Å². The molecule has 0 unspecified atom stereocenters. The Morgan fingerprint density at radius 2 is 2.00 bits per heavy atom. The number of nitrogens with one attached hydrogen (secondary N) is 1. The molecule has 7 nitrogen and oxygen atoms in total. The number of morpholine rings is 1. The first-order valence-electron chi connectivity index (χ1n) is 9.53. The van der Waals surface area contributed by atoms with Gasteiger partial charge in [0.1, 0.15) is 5.82 Å². The van der Waals surface area contributed by atoms with Crippen molar-refractivity contribution in [1.29, 1.82) is 0 Å². The third-order valence-corrected chi connectivity index (χ3v) is 7.53. The van der Waals surface area contributed by atoms with E-state index in [9.17, 15) is 14.0 Å². The average molecular weight is 479 g/mol. The molecule has 31 heavy (non-hydrogen) atoms. The van der Waals surface area contributed by atoms with E-state index < -0.39 is 0 Å². The third-order valence-electron chi connectivity index (χ3n) is 4.43. The lowest BCUT2D eigenvalue weighted by molar-refractivity contribution is -0.134. The smallest absolute Gasteiger partial charge is 0.227 e. The standard InChI is InChI=1S/C20H19FN4O3S3/c21-13-2-1-3-14(10-13)22-19-23-24-20(31-19)29-12-16(26)17-5-4-15(30-17)11-18(27)25-6-8-28-9-7-25/h1-5,10H,6-9,11-12H2,(H,22,23). The number of carbonyl (C=O) groups excluding carboxylic acids is 2. The molecule has 1 N–H and O–H groups in total. The average Bonchev–Trinajstić information content (AvgIpc) is 3.42. The number of rotatable bonds is 8. The second kappa shape index (κ2) is 10.3. The molecule has 0 aliphatic carbocycles. The lowest BCUT2D eigenvalue weighted by Crippen LogP contribution is -2.41. The number of thioether (sulfide) groups is 1. The van der Waals surface area contributed by atoms with Gasteiger partial charge in [-0.2, -0.15) is 0 Å². The summed E-state index contributed by atoms with van der Waals surface area (Å²) in [6.45, 7) is 2.37. The number of amides is 1. The molecule has 0 saturated carbocycles. The van der Waals surface area contributed by atoms with E-state index in [0.29, 0.717) is 52.8 Å². The van der Waals surface area contributed by atoms with Crippen molar-refractivity contribution in [3.8, 4) is 0 Å². The van der Waals surface area contributed by atoms with Crippen LogP contribution in [0.15, 0.2) is 40.7 Å². The van der Waals surface area contributed by atoms with Gasteiger partial charge in [-0.05, 0) is 30.3 Å². The second-order valence-corrected chi connectivity index (χ2v) is 10.0. The lowest BCUT2D eigenvalue weighted by Gasteiger charge is -2.26. The van der Waals surface area contributed by atoms with Crippen LogP contribution in [0.25, 0.3) is 0 Å². The van der Waals surface area contributed by atoms with Crippen LogP contribution in [0.1, 0.15) is 14.5 Å². The van der Waals surface area contributed by atoms with Crippen LogP contribution >= 0.6 is 34.4 Å². The minimum Gasteiger partial charge on any atom is -0.378 e. The summed E-state index contributed by atoms with van der Waals surface area (Å²) < 4.78 is 19.2. The number of ether oxygens (including phenoxy) is 1. The summed E-state index contributed by atoms with van der Waals surface area (Å²) in [7, 11) is 0. The van der Waals surface area contributed by atoms with Gasteiger partial charge in [-0.15, -0.1) is 21.5 Å². The second-order valence-electron chi connectivity index (χ2n) is 6.66. The maximum Gasteiger partial charge on any atom is 0.227 e. The highest BCUT2D eigenvalue weighted by atomic mass is 32.2. The zero-order valence-electron chi connectivity index (χ0n) is 16.4. The monoisotopic (exact) mass is 478 g/mol. The molecule has 0 spiro atoms. The Kier molecular flexibility index (Phi) is 7.28. The van der Waals surface area contributed by atoms with E-state index in [1.54, 1.807) is 23.1 Å². The van der Waals surface area contributed by atoms with E-state index in [-0.39, 0.29) is 23.3 Å². The normalized spacial score (nSPS) is 13.9. The van der Waals surface area contributed by atoms with Crippen LogP contribution in [-0.2, 0) is 16.0 Å². The highest BCUT2D eigenvalue weighted by Crippen LogP contribution is 2.29. The summed E-state index contributed by atoms with van der Waals surface area (Å²) in [4.78, 5) is 28.2. The van der Waals surface area contributed by atoms with E-state index in [0.717, 1.165) is 4.88 Å². The lowest BCUT2D eigenvalue weighted by atomic mass is 10.3. The fourth-order valence-corrected chi connectivity index (χ4v) is 5.59. The van der Waals surface area contributed by atoms with Crippen molar-refractivity contribution in [2.75, 3.05) is 37.4 Å². The van der Waals surface area contributed by atoms with E-state index in [2.05, 4.69) is 15.5 Å². The van der Waals surface area contributed by atoms with Crippen LogP contribution < -0.4 is 5.32 Å². The molecular formula is C20H19FN4O3S3. The van der Waals surface area contributed by atoms with Crippen molar-refractivity contribution >= 4 is 56.9 Å². The van der Waals surface area contributed by atoms with Gasteiger partial charge in [-0.25, -0.2) is 4.39 Å². The predicted octanol–water partition coefficient (Wildman–Crippen LogP) is 3.86. The maximum atomic E-state index is 13.3. The first kappa shape index (κ1) is 21.9. The molecule has 4 rings (SSSR count). The van der Waals surface area contributed by atoms with E-state index >= 15 is 0 Å². The number of carbonyl (C=O) groups is 2. The Labute approximate surface area is 190 Å². The number of nitrogens with zero attached hydrogens (tertiary/aromatic N) is 3. The molecule has 1 fully saturated rings. The van der Waals surface area contributed by atoms with Gasteiger partial charge in [0.15, 0.2) is 10.1 Å². The van der Waals surface area contributed by atoms with Crippen molar-refractivity contribution in [1.82, 2.24) is 15.1 Å². The third kappa shape index (κ3) is 6.10. The van der Waals surface area contributed by atoms with Crippen LogP contribution in [0, 0.1) is 5.82 Å². The van der Waals surface area contributed by atoms with Crippen LogP contribution in [0.5, 0.6) is 0 Å². The van der Waals surface area contributed by atoms with E-state index in [1.165, 1.54) is 46.6 Å². The molecule has 1 amide bonds. The Bertz CT molecular complexity index is 1070. The summed E-state index contributed by atoms with van der Waals surface area (Å²) >= 11 is 3.96. The summed E-state index contributed by atoms with van der Waals surface area (Å²) in [6.07, 6.45) is 0.302. The van der Waals surface area contributed by atoms with Crippen molar-refractivity contribution in [2.45, 2.75) is 10.8 Å². The zero-order chi connectivity index (χ0) is 21.6. The number of Topliss-reactive ketones (excluding diaryl/α,β-unsaturated/α-hetero) is 1. The zero-order valence-corrected chi connectivity index (χ0v) is 18.8. The summed E-state index contributed by atoms with van der Waals surface area (Å²) in [5.41, 5.74) is 0.585. The molecule has 0 atom stereocenters. The number of thiophene rings is 1. The molecule has 0 radical (unpaired) electrons. The van der Waals surface area contributed by atoms with Gasteiger partial charge in [-0.1, -0.05) is 29.2 Å². The summed E-state index contributed by atoms with van der Waals surface area (Å²) in [6, 6.07) is 9.69. The maximum absolute atomic E-state index is 13.3. The Hall–Kier alpha value is -2.34. The van der Waals surface area contributed by atoms with Crippen LogP contribution in [0.2, 0.25) is 0 Å². The van der Waals surface area contributed by atoms with E-state index in [1.807, 2.05) is 6.07 Å². The summed E-state index contributed by atoms with van der Waals surface area (Å²) in [5, 5.41) is 11.6. The van der Waals surface area contributed by atoms with Gasteiger partial charge in [0.25, 0.3) is 0 Å². The molecule has 1 aromatic carbocycles. The molecule has 1 aliphatic heterocycles. The SMILES string of the molecule is O=C(CSc1nnc(Nc2cccc(F)c2)s1)c1ccc(CC(=O)N2CCOCC2)s1. The number of anilines is 2. The number of hydrogen-bond acceptors (Lipinski definition) is 9. The molecule has 1 aliphatic rings. The van der Waals surface area contributed by atoms with Crippen molar-refractivity contribution < 1.29 is 18.7 Å². The van der Waals surface area contributed by atoms with Gasteiger partial charge in [0.2, 0.25) is 11.0 Å². The minimum absolute atomic E-state index is 0.0186. The van der Waals surface area contributed by atoms with E-state index in [4.69, 9.17) is 4.74 Å². The molecule has 1 saturated heterocycles. The first-order valence-corrected chi connectivity index (χ1v) is 12.1. The molecule has 3 heterocycles. The fraction of sp³-hybridized carbons (Fsp3) is 0.300. The van der Waals surface area contributed by atoms with Crippen molar-refractivity contribution in [3.05, 3.63) is 52.0 Å². The van der Waals surface area contributed by atoms with Crippen LogP contribution in [0.4, 0.5) is 15.2 Å². The Balaban J connectivity index is 1.27. The number of ketones is 1. The molecule has 3 aromatic rings. The predicted molar refractivity (Wildman–Crippen MR) is 120 cm³/mol. The minimum atomic E-state index is -0.336. The molecule has 11 heteroatoms. The van der Waals surface area contributed by atoms with Crippen molar-refractivity contribution in [2.24, 2.45) is 0 Å². The number of aromatic nitrogens is 2. The van der Waals surface area contributed by atoms with Gasteiger partial charge >= 0.3 is 0 Å². The molecule has 162 valence electrons. The molecule has 0 bridgehead atoms. The Morgan fingerprint density at radius 3 is 2.81 bits per heavy atom. The molecular weight excluding hydrogens is 459 g/mol. The largest absolute Gasteiger partial charge is 0.378 e. The number of benzene rings is 1. The number of halogens is 1. The highest BCUT2D eigenvalue weighted by molar-refractivity contribution is 8.01. The van der Waals surface area contributed by atoms with Gasteiger partial charge in [0, 0.05) is 23.7 Å². The fourth-order valence-electron chi connectivity index (χ4n) is 2.90. The summed E-state index contributed by atoms with van der Waals surface area (Å²) in [5.74, 6) is -0.0660. The van der Waals surface area contributed by atoms with Gasteiger partial charge in [0.05, 0.1) is 30.3 Å². The van der Waals surface area contributed by atoms with Crippen LogP contribution in [-0.4, -0.2) is 58.8 Å². The van der Waals surface area contributed by atoms with Gasteiger partial charge < -0.3 is 15.0 Å². The Morgan fingerprint density at radius 1 is 1.16 bits per heavy atom. The van der Waals surface area contributed by atoms with Crippen LogP contribution in [0.3, 0.4) is 0 Å². The van der Waals surface area contributed by atoms with Gasteiger partial charge in [-0.3, -0.25) is 9.59 Å². The number of hydrogen-bond donors (Lipinski definition) is 1. The molecule has 2 aromatic heterocycles. The topological polar surface area (TPSA) is 84.4 Å².